The third-order valence-electron chi connectivity index (χ3n) is 3.29. The molecule has 0 bridgehead atoms. The molecule has 0 saturated carbocycles. The first kappa shape index (κ1) is 21.2. The fourth-order valence-electron chi connectivity index (χ4n) is 2.14. The number of carbonyl (C=O) groups is 3. The minimum atomic E-state index is -1.40. The van der Waals surface area contributed by atoms with E-state index in [0.29, 0.717) is 0 Å². The van der Waals surface area contributed by atoms with E-state index in [1.54, 1.807) is 45.0 Å². The van der Waals surface area contributed by atoms with Gasteiger partial charge in [0.25, 0.3) is 0 Å². The second-order valence-electron chi connectivity index (χ2n) is 6.69. The van der Waals surface area contributed by atoms with Crippen molar-refractivity contribution in [2.45, 2.75) is 45.4 Å². The second kappa shape index (κ2) is 9.60. The lowest BCUT2D eigenvalue weighted by Crippen LogP contribution is -2.50. The van der Waals surface area contributed by atoms with E-state index in [-0.39, 0.29) is 13.0 Å². The first-order valence-corrected chi connectivity index (χ1v) is 8.18. The van der Waals surface area contributed by atoms with Gasteiger partial charge in [-0.3, -0.25) is 4.79 Å². The maximum absolute atomic E-state index is 12.4. The zero-order valence-electron chi connectivity index (χ0n) is 15.2. The van der Waals surface area contributed by atoms with Crippen LogP contribution in [0.5, 0.6) is 0 Å². The molecule has 0 saturated heterocycles. The molecule has 2 N–H and O–H groups in total. The topological polar surface area (TPSA) is 102 Å². The van der Waals surface area contributed by atoms with Gasteiger partial charge in [0.15, 0.2) is 0 Å². The summed E-state index contributed by atoms with van der Waals surface area (Å²) >= 11 is 0. The molecule has 2 unspecified atom stereocenters. The molecule has 26 heavy (non-hydrogen) atoms. The average Bonchev–Trinajstić information content (AvgIpc) is 2.55. The number of nitrogens with one attached hydrogen (secondary N) is 1. The van der Waals surface area contributed by atoms with Gasteiger partial charge in [-0.2, -0.15) is 0 Å². The highest BCUT2D eigenvalue weighted by Gasteiger charge is 2.37. The van der Waals surface area contributed by atoms with E-state index in [1.807, 2.05) is 6.07 Å². The van der Waals surface area contributed by atoms with E-state index in [1.165, 1.54) is 6.08 Å². The quantitative estimate of drug-likeness (QED) is 0.544. The molecule has 0 fully saturated rings. The van der Waals surface area contributed by atoms with E-state index in [2.05, 4.69) is 11.9 Å². The standard InChI is InChI=1S/C19H25NO6/c1-5-9-14(16(21)22)15(17(23)26-19(2,3)4)20-18(24)25-12-13-10-7-6-8-11-13/h5-8,10-11,14-15H,1,9,12H2,2-4H3,(H,20,24)(H,21,22). The van der Waals surface area contributed by atoms with Crippen molar-refractivity contribution in [1.82, 2.24) is 5.32 Å². The van der Waals surface area contributed by atoms with E-state index in [0.717, 1.165) is 5.56 Å². The van der Waals surface area contributed by atoms with E-state index >= 15 is 0 Å². The molecule has 0 heterocycles. The van der Waals surface area contributed by atoms with Gasteiger partial charge in [-0.1, -0.05) is 36.4 Å². The summed E-state index contributed by atoms with van der Waals surface area (Å²) in [6.45, 7) is 8.44. The lowest BCUT2D eigenvalue weighted by Gasteiger charge is -2.27. The van der Waals surface area contributed by atoms with Crippen LogP contribution >= 0.6 is 0 Å². The molecule has 0 aliphatic heterocycles. The number of ether oxygens (including phenoxy) is 2. The molecular formula is C19H25NO6. The number of carbonyl (C=O) groups excluding carboxylic acids is 2. The lowest BCUT2D eigenvalue weighted by atomic mass is 9.96. The monoisotopic (exact) mass is 363 g/mol. The Kier molecular flexibility index (Phi) is 7.83. The predicted octanol–water partition coefficient (Wildman–Crippen LogP) is 2.90. The van der Waals surface area contributed by atoms with E-state index in [9.17, 15) is 19.5 Å². The Hall–Kier alpha value is -2.83. The van der Waals surface area contributed by atoms with Gasteiger partial charge < -0.3 is 19.9 Å². The molecule has 0 aliphatic rings. The number of esters is 1. The number of carboxylic acid groups (broad SMARTS) is 1. The fourth-order valence-corrected chi connectivity index (χ4v) is 2.14. The Morgan fingerprint density at radius 1 is 1.23 bits per heavy atom. The Morgan fingerprint density at radius 2 is 1.85 bits per heavy atom. The molecule has 0 aliphatic carbocycles. The van der Waals surface area contributed by atoms with Crippen molar-refractivity contribution in [2.75, 3.05) is 0 Å². The highest BCUT2D eigenvalue weighted by atomic mass is 16.6. The zero-order valence-corrected chi connectivity index (χ0v) is 15.2. The van der Waals surface area contributed by atoms with Gasteiger partial charge in [0.05, 0.1) is 5.92 Å². The third-order valence-corrected chi connectivity index (χ3v) is 3.29. The minimum Gasteiger partial charge on any atom is -0.481 e. The van der Waals surface area contributed by atoms with Crippen LogP contribution in [0.25, 0.3) is 0 Å². The van der Waals surface area contributed by atoms with Crippen LogP contribution in [0.2, 0.25) is 0 Å². The van der Waals surface area contributed by atoms with Crippen LogP contribution in [-0.2, 0) is 25.7 Å². The number of benzene rings is 1. The molecule has 7 nitrogen and oxygen atoms in total. The Balaban J connectivity index is 2.85. The van der Waals surface area contributed by atoms with Crippen LogP contribution in [0, 0.1) is 5.92 Å². The highest BCUT2D eigenvalue weighted by molar-refractivity contribution is 5.87. The van der Waals surface area contributed by atoms with Crippen molar-refractivity contribution in [3.63, 3.8) is 0 Å². The molecule has 7 heteroatoms. The summed E-state index contributed by atoms with van der Waals surface area (Å²) in [5.74, 6) is -3.31. The van der Waals surface area contributed by atoms with Crippen molar-refractivity contribution in [2.24, 2.45) is 5.92 Å². The highest BCUT2D eigenvalue weighted by Crippen LogP contribution is 2.17. The molecule has 1 aromatic rings. The minimum absolute atomic E-state index is 0.00704. The van der Waals surface area contributed by atoms with Crippen molar-refractivity contribution >= 4 is 18.0 Å². The van der Waals surface area contributed by atoms with Gasteiger partial charge in [-0.05, 0) is 32.8 Å². The molecule has 0 spiro atoms. The SMILES string of the molecule is C=CCC(C(=O)O)C(NC(=O)OCc1ccccc1)C(=O)OC(C)(C)C. The van der Waals surface area contributed by atoms with Crippen molar-refractivity contribution in [3.8, 4) is 0 Å². The van der Waals surface area contributed by atoms with Crippen molar-refractivity contribution in [1.29, 1.82) is 0 Å². The maximum Gasteiger partial charge on any atom is 0.408 e. The summed E-state index contributed by atoms with van der Waals surface area (Å²) in [4.78, 5) is 36.0. The normalized spacial score (nSPS) is 13.2. The summed E-state index contributed by atoms with van der Waals surface area (Å²) in [6.07, 6.45) is 0.450. The lowest BCUT2D eigenvalue weighted by molar-refractivity contribution is -0.163. The number of hydrogen-bond donors (Lipinski definition) is 2. The fraction of sp³-hybridized carbons (Fsp3) is 0.421. The van der Waals surface area contributed by atoms with Crippen LogP contribution in [0.3, 0.4) is 0 Å². The smallest absolute Gasteiger partial charge is 0.408 e. The van der Waals surface area contributed by atoms with Gasteiger partial charge >= 0.3 is 18.0 Å². The van der Waals surface area contributed by atoms with Crippen LogP contribution in [-0.4, -0.2) is 34.8 Å². The first-order valence-electron chi connectivity index (χ1n) is 8.18. The van der Waals surface area contributed by atoms with Crippen LogP contribution in [0.15, 0.2) is 43.0 Å². The maximum atomic E-state index is 12.4. The molecule has 1 rings (SSSR count). The Morgan fingerprint density at radius 3 is 2.35 bits per heavy atom. The molecule has 0 radical (unpaired) electrons. The number of amides is 1. The summed E-state index contributed by atoms with van der Waals surface area (Å²) in [6, 6.07) is 7.57. The number of carboxylic acids is 1. The summed E-state index contributed by atoms with van der Waals surface area (Å²) in [5, 5.41) is 11.7. The second-order valence-corrected chi connectivity index (χ2v) is 6.69. The molecule has 142 valence electrons. The number of aliphatic carboxylic acids is 1. The van der Waals surface area contributed by atoms with Crippen LogP contribution < -0.4 is 5.32 Å². The zero-order chi connectivity index (χ0) is 19.7. The van der Waals surface area contributed by atoms with Gasteiger partial charge in [-0.25, -0.2) is 9.59 Å². The van der Waals surface area contributed by atoms with Crippen LogP contribution in [0.1, 0.15) is 32.8 Å². The molecule has 2 atom stereocenters. The number of allylic oxidation sites excluding steroid dienone is 1. The number of rotatable bonds is 8. The average molecular weight is 363 g/mol. The summed E-state index contributed by atoms with van der Waals surface area (Å²) < 4.78 is 10.3. The van der Waals surface area contributed by atoms with E-state index in [4.69, 9.17) is 9.47 Å². The van der Waals surface area contributed by atoms with E-state index < -0.39 is 35.6 Å². The largest absolute Gasteiger partial charge is 0.481 e. The third kappa shape index (κ3) is 7.38. The van der Waals surface area contributed by atoms with Gasteiger partial charge in [0.1, 0.15) is 18.2 Å². The predicted molar refractivity (Wildman–Crippen MR) is 95.3 cm³/mol. The van der Waals surface area contributed by atoms with Crippen molar-refractivity contribution < 1.29 is 29.0 Å². The van der Waals surface area contributed by atoms with Gasteiger partial charge in [0.2, 0.25) is 0 Å². The number of hydrogen-bond acceptors (Lipinski definition) is 5. The summed E-state index contributed by atoms with van der Waals surface area (Å²) in [5.41, 5.74) is -0.0697. The number of alkyl carbamates (subject to hydrolysis) is 1. The van der Waals surface area contributed by atoms with Crippen LogP contribution in [0.4, 0.5) is 4.79 Å². The first-order chi connectivity index (χ1) is 12.1. The van der Waals surface area contributed by atoms with Gasteiger partial charge in [0, 0.05) is 0 Å². The van der Waals surface area contributed by atoms with Gasteiger partial charge in [-0.15, -0.1) is 6.58 Å². The van der Waals surface area contributed by atoms with Crippen molar-refractivity contribution in [3.05, 3.63) is 48.6 Å². The molecule has 1 amide bonds. The Labute approximate surface area is 153 Å². The molecular weight excluding hydrogens is 338 g/mol. The molecule has 0 aromatic heterocycles. The Bertz CT molecular complexity index is 635. The molecule has 1 aromatic carbocycles. The summed E-state index contributed by atoms with van der Waals surface area (Å²) in [7, 11) is 0.